The Kier molecular flexibility index (Phi) is 10.7. The minimum Gasteiger partial charge on any atom is -0.573 e. The van der Waals surface area contributed by atoms with E-state index in [2.05, 4.69) is 112 Å². The molecule has 0 unspecified atom stereocenters. The van der Waals surface area contributed by atoms with Crippen molar-refractivity contribution in [3.8, 4) is 22.9 Å². The summed E-state index contributed by atoms with van der Waals surface area (Å²) in [6, 6.07) is 7.96. The van der Waals surface area contributed by atoms with Crippen molar-refractivity contribution in [1.29, 1.82) is 0 Å². The smallest absolute Gasteiger partial charge is 0.573 e. The number of aromatic nitrogens is 7. The third-order valence-corrected chi connectivity index (χ3v) is 6.00. The number of hydrogen-bond donors (Lipinski definition) is 0. The van der Waals surface area contributed by atoms with Crippen molar-refractivity contribution in [3.63, 3.8) is 0 Å². The monoisotopic (exact) mass is 694 g/mol. The molecule has 0 saturated heterocycles. The van der Waals surface area contributed by atoms with E-state index in [9.17, 15) is 0 Å². The molecule has 0 fully saturated rings. The second kappa shape index (κ2) is 12.9. The van der Waals surface area contributed by atoms with Gasteiger partial charge in [-0.15, -0.1) is 0 Å². The molecular formula is C30H41N7Pt. The van der Waals surface area contributed by atoms with Crippen LogP contribution >= 0.6 is 0 Å². The van der Waals surface area contributed by atoms with E-state index in [1.165, 1.54) is 11.1 Å². The molecule has 0 aromatic carbocycles. The van der Waals surface area contributed by atoms with E-state index < -0.39 is 0 Å². The van der Waals surface area contributed by atoms with Crippen LogP contribution < -0.4 is 10.2 Å². The van der Waals surface area contributed by atoms with Gasteiger partial charge < -0.3 is 20.4 Å². The molecule has 0 spiro atoms. The first-order chi connectivity index (χ1) is 17.3. The molecule has 4 heterocycles. The summed E-state index contributed by atoms with van der Waals surface area (Å²) in [5.74, 6) is 1.43. The van der Waals surface area contributed by atoms with Gasteiger partial charge in [-0.1, -0.05) is 86.7 Å². The van der Waals surface area contributed by atoms with Crippen molar-refractivity contribution in [1.82, 2.24) is 35.3 Å². The Morgan fingerprint density at radius 2 is 1.47 bits per heavy atom. The van der Waals surface area contributed by atoms with Crippen molar-refractivity contribution in [2.75, 3.05) is 0 Å². The first-order valence-electron chi connectivity index (χ1n) is 13.0. The van der Waals surface area contributed by atoms with Gasteiger partial charge in [-0.2, -0.15) is 0 Å². The molecule has 0 radical (unpaired) electrons. The molecule has 206 valence electrons. The summed E-state index contributed by atoms with van der Waals surface area (Å²) in [4.78, 5) is 13.1. The second-order valence-corrected chi connectivity index (χ2v) is 12.3. The topological polar surface area (TPSA) is 92.6 Å². The van der Waals surface area contributed by atoms with Crippen molar-refractivity contribution >= 4 is 0 Å². The Bertz CT molecular complexity index is 1280. The van der Waals surface area contributed by atoms with Gasteiger partial charge in [0.25, 0.3) is 0 Å². The first kappa shape index (κ1) is 31.6. The van der Waals surface area contributed by atoms with Crippen LogP contribution in [0.25, 0.3) is 22.9 Å². The van der Waals surface area contributed by atoms with Gasteiger partial charge in [0.05, 0.1) is 5.69 Å². The Hall–Kier alpha value is -2.66. The van der Waals surface area contributed by atoms with Gasteiger partial charge in [-0.25, -0.2) is 9.97 Å². The van der Waals surface area contributed by atoms with Crippen LogP contribution in [0.15, 0.2) is 42.9 Å². The predicted molar refractivity (Wildman–Crippen MR) is 149 cm³/mol. The van der Waals surface area contributed by atoms with Crippen LogP contribution in [-0.2, 0) is 38.3 Å². The summed E-state index contributed by atoms with van der Waals surface area (Å²) in [5.41, 5.74) is 7.03. The van der Waals surface area contributed by atoms with Crippen molar-refractivity contribution in [2.45, 2.75) is 92.4 Å². The average molecular weight is 695 g/mol. The van der Waals surface area contributed by atoms with Crippen LogP contribution in [0.3, 0.4) is 0 Å². The van der Waals surface area contributed by atoms with E-state index in [1.54, 1.807) is 6.20 Å². The summed E-state index contributed by atoms with van der Waals surface area (Å²) in [7, 11) is 0. The molecule has 0 aliphatic rings. The molecule has 0 amide bonds. The van der Waals surface area contributed by atoms with Gasteiger partial charge in [0.15, 0.2) is 0 Å². The molecule has 0 N–H and O–H groups in total. The SMILES string of the molecule is CC(C)(C)c1ccncc1.CC(C)Cc1n[n-]c(-c2ccnc(-c3cc(C(C)(C)C)n[n-]3)n2)c1C(C)C.[Pt+2]. The summed E-state index contributed by atoms with van der Waals surface area (Å²) in [6.45, 7) is 21.7. The molecule has 7 nitrogen and oxygen atoms in total. The molecule has 8 heteroatoms. The molecule has 0 atom stereocenters. The third kappa shape index (κ3) is 8.17. The van der Waals surface area contributed by atoms with Crippen molar-refractivity contribution < 1.29 is 21.1 Å². The van der Waals surface area contributed by atoms with E-state index in [1.807, 2.05) is 24.5 Å². The van der Waals surface area contributed by atoms with Crippen LogP contribution in [0.5, 0.6) is 0 Å². The number of rotatable bonds is 5. The van der Waals surface area contributed by atoms with Crippen molar-refractivity contribution in [2.24, 2.45) is 5.92 Å². The Balaban J connectivity index is 0.000000389. The molecular weight excluding hydrogens is 653 g/mol. The summed E-state index contributed by atoms with van der Waals surface area (Å²) in [5, 5.41) is 17.5. The minimum absolute atomic E-state index is 0. The Morgan fingerprint density at radius 1 is 0.816 bits per heavy atom. The van der Waals surface area contributed by atoms with Gasteiger partial charge in [-0.05, 0) is 53.0 Å². The second-order valence-electron chi connectivity index (χ2n) is 12.3. The van der Waals surface area contributed by atoms with Crippen LogP contribution in [0.1, 0.15) is 97.7 Å². The summed E-state index contributed by atoms with van der Waals surface area (Å²) in [6.07, 6.45) is 6.34. The zero-order valence-corrected chi connectivity index (χ0v) is 26.6. The van der Waals surface area contributed by atoms with Crippen LogP contribution in [-0.4, -0.2) is 25.1 Å². The molecule has 0 aliphatic carbocycles. The molecule has 0 saturated carbocycles. The van der Waals surface area contributed by atoms with Gasteiger partial charge in [0.2, 0.25) is 0 Å². The van der Waals surface area contributed by atoms with Crippen LogP contribution in [0, 0.1) is 5.92 Å². The van der Waals surface area contributed by atoms with Gasteiger partial charge >= 0.3 is 21.1 Å². The Labute approximate surface area is 242 Å². The summed E-state index contributed by atoms with van der Waals surface area (Å²) >= 11 is 0. The zero-order chi connectivity index (χ0) is 27.4. The van der Waals surface area contributed by atoms with Gasteiger partial charge in [-0.3, -0.25) is 4.98 Å². The van der Waals surface area contributed by atoms with Crippen molar-refractivity contribution in [3.05, 3.63) is 65.4 Å². The maximum Gasteiger partial charge on any atom is 2.00 e. The fourth-order valence-electron chi connectivity index (χ4n) is 3.92. The van der Waals surface area contributed by atoms with Gasteiger partial charge in [0.1, 0.15) is 5.82 Å². The normalized spacial score (nSPS) is 11.8. The quantitative estimate of drug-likeness (QED) is 0.235. The minimum atomic E-state index is -0.0590. The number of hydrogen-bond acceptors (Lipinski definition) is 5. The van der Waals surface area contributed by atoms with E-state index in [-0.39, 0.29) is 31.9 Å². The average Bonchev–Trinajstić information content (AvgIpc) is 3.47. The van der Waals surface area contributed by atoms with Gasteiger partial charge in [0, 0.05) is 35.4 Å². The standard InChI is InChI=1S/C21H28N6.C9H13N.Pt/c1-12(2)10-15-18(13(3)4)19(27-24-15)14-8-9-22-20(23-14)16-11-17(26-25-16)21(5,6)7;1-9(2,3)8-4-6-10-7-5-8;/h8-9,11-13H,10H2,1-7H3;4-7H,1-3H3;/q-2;;+2. The predicted octanol–water partition coefficient (Wildman–Crippen LogP) is 6.51. The largest absolute Gasteiger partial charge is 2.00 e. The van der Waals surface area contributed by atoms with Crippen LogP contribution in [0.2, 0.25) is 0 Å². The zero-order valence-electron chi connectivity index (χ0n) is 24.3. The fourth-order valence-corrected chi connectivity index (χ4v) is 3.92. The van der Waals surface area contributed by atoms with E-state index >= 15 is 0 Å². The summed E-state index contributed by atoms with van der Waals surface area (Å²) < 4.78 is 0. The van der Waals surface area contributed by atoms with E-state index in [4.69, 9.17) is 4.98 Å². The van der Waals surface area contributed by atoms with E-state index in [0.717, 1.165) is 29.2 Å². The van der Waals surface area contributed by atoms with E-state index in [0.29, 0.717) is 23.4 Å². The molecule has 4 aromatic heterocycles. The molecule has 38 heavy (non-hydrogen) atoms. The first-order valence-corrected chi connectivity index (χ1v) is 13.0. The number of pyridine rings is 1. The fraction of sp³-hybridized carbons (Fsp3) is 0.500. The molecule has 0 bridgehead atoms. The maximum atomic E-state index is 4.73. The molecule has 4 aromatic rings. The van der Waals surface area contributed by atoms with Crippen LogP contribution in [0.4, 0.5) is 0 Å². The Morgan fingerprint density at radius 3 is 1.97 bits per heavy atom. The number of nitrogens with zero attached hydrogens (tertiary/aromatic N) is 7. The molecule has 0 aliphatic heterocycles. The maximum absolute atomic E-state index is 4.73. The third-order valence-electron chi connectivity index (χ3n) is 6.00. The molecule has 4 rings (SSSR count).